The summed E-state index contributed by atoms with van der Waals surface area (Å²) in [5.41, 5.74) is 5.13. The Labute approximate surface area is 252 Å². The molecule has 2 aliphatic heterocycles. The summed E-state index contributed by atoms with van der Waals surface area (Å²) in [4.78, 5) is 27.3. The second kappa shape index (κ2) is 11.9. The number of aryl methyl sites for hydroxylation is 2. The molecule has 8 heteroatoms. The molecule has 2 aromatic heterocycles. The van der Waals surface area contributed by atoms with Crippen LogP contribution in [0, 0.1) is 11.8 Å². The van der Waals surface area contributed by atoms with E-state index < -0.39 is 0 Å². The number of halogens is 3. The van der Waals surface area contributed by atoms with Crippen LogP contribution in [0.5, 0.6) is 0 Å². The summed E-state index contributed by atoms with van der Waals surface area (Å²) < 4.78 is 2.09. The van der Waals surface area contributed by atoms with Crippen LogP contribution in [0.1, 0.15) is 60.4 Å². The molecule has 5 nitrogen and oxygen atoms in total. The zero-order chi connectivity index (χ0) is 26.9. The average molecular weight is 673 g/mol. The van der Waals surface area contributed by atoms with Gasteiger partial charge in [0, 0.05) is 64.9 Å². The minimum atomic E-state index is 0.199. The number of carbonyl (C=O) groups is 1. The Morgan fingerprint density at radius 1 is 0.949 bits per heavy atom. The molecule has 0 N–H and O–H groups in total. The van der Waals surface area contributed by atoms with E-state index in [1.54, 1.807) is 0 Å². The number of pyridine rings is 2. The Hall–Kier alpha value is -1.96. The lowest BCUT2D eigenvalue weighted by Gasteiger charge is -2.38. The van der Waals surface area contributed by atoms with Gasteiger partial charge in [0.2, 0.25) is 5.91 Å². The van der Waals surface area contributed by atoms with Crippen molar-refractivity contribution in [3.63, 3.8) is 0 Å². The van der Waals surface area contributed by atoms with Crippen LogP contribution in [-0.4, -0.2) is 47.0 Å². The molecule has 0 radical (unpaired) electrons. The second-order valence-corrected chi connectivity index (χ2v) is 13.4. The quantitative estimate of drug-likeness (QED) is 0.289. The molecule has 0 spiro atoms. The van der Waals surface area contributed by atoms with Gasteiger partial charge in [-0.1, -0.05) is 33.6 Å². The average Bonchev–Trinajstić information content (AvgIpc) is 3.11. The molecule has 0 bridgehead atoms. The Balaban J connectivity index is 1.12. The van der Waals surface area contributed by atoms with Crippen LogP contribution in [0.2, 0.25) is 5.02 Å². The van der Waals surface area contributed by atoms with Crippen molar-refractivity contribution >= 4 is 55.2 Å². The first kappa shape index (κ1) is 27.2. The topological polar surface area (TPSA) is 49.3 Å². The Kier molecular flexibility index (Phi) is 8.29. The number of amides is 1. The molecule has 6 rings (SSSR count). The summed E-state index contributed by atoms with van der Waals surface area (Å²) in [5, 5.41) is 0.769. The zero-order valence-corrected chi connectivity index (χ0v) is 25.9. The first-order valence-electron chi connectivity index (χ1n) is 14.0. The van der Waals surface area contributed by atoms with Gasteiger partial charge in [-0.3, -0.25) is 9.78 Å². The highest BCUT2D eigenvalue weighted by atomic mass is 79.9. The Bertz CT molecular complexity index is 1340. The smallest absolute Gasteiger partial charge is 0.222 e. The van der Waals surface area contributed by atoms with Gasteiger partial charge in [-0.05, 0) is 113 Å². The first-order valence-corrected chi connectivity index (χ1v) is 16.0. The molecule has 3 aromatic rings. The summed E-state index contributed by atoms with van der Waals surface area (Å²) in [6, 6.07) is 12.4. The van der Waals surface area contributed by atoms with E-state index in [-0.39, 0.29) is 5.92 Å². The molecule has 0 saturated carbocycles. The standard InChI is InChI=1S/C31H33Br2ClN4O/c32-24-16-23-5-4-22-17-25(34)18-26(33)29(22)30(31(23)36-19-24)21-8-13-38(14-9-21)28(39)15-20-6-11-37(12-7-20)27-3-1-2-10-35-27/h1-3,10,16-21,30H,4-9,11-15H2. The van der Waals surface area contributed by atoms with Crippen molar-refractivity contribution in [3.8, 4) is 0 Å². The number of benzene rings is 1. The van der Waals surface area contributed by atoms with Crippen molar-refractivity contribution in [2.24, 2.45) is 11.8 Å². The highest BCUT2D eigenvalue weighted by molar-refractivity contribution is 9.10. The van der Waals surface area contributed by atoms with Gasteiger partial charge in [-0.15, -0.1) is 0 Å². The third kappa shape index (κ3) is 5.91. The van der Waals surface area contributed by atoms with Crippen molar-refractivity contribution in [2.75, 3.05) is 31.1 Å². The van der Waals surface area contributed by atoms with Crippen molar-refractivity contribution in [1.82, 2.24) is 14.9 Å². The summed E-state index contributed by atoms with van der Waals surface area (Å²) in [5.74, 6) is 2.45. The number of piperidine rings is 2. The number of hydrogen-bond donors (Lipinski definition) is 0. The second-order valence-electron chi connectivity index (χ2n) is 11.2. The largest absolute Gasteiger partial charge is 0.357 e. The molecular formula is C31H33Br2ClN4O. The van der Waals surface area contributed by atoms with E-state index in [4.69, 9.17) is 16.6 Å². The molecule has 2 saturated heterocycles. The van der Waals surface area contributed by atoms with Crippen molar-refractivity contribution < 1.29 is 4.79 Å². The van der Waals surface area contributed by atoms with Gasteiger partial charge in [0.1, 0.15) is 5.82 Å². The number of carbonyl (C=O) groups excluding carboxylic acids is 1. The Morgan fingerprint density at radius 2 is 1.72 bits per heavy atom. The molecule has 1 amide bonds. The van der Waals surface area contributed by atoms with E-state index in [0.29, 0.717) is 24.2 Å². The lowest BCUT2D eigenvalue weighted by molar-refractivity contribution is -0.133. The van der Waals surface area contributed by atoms with Crippen LogP contribution in [0.3, 0.4) is 0 Å². The van der Waals surface area contributed by atoms with Crippen LogP contribution in [0.25, 0.3) is 0 Å². The fourth-order valence-corrected chi connectivity index (χ4v) is 8.29. The number of nitrogens with zero attached hydrogens (tertiary/aromatic N) is 4. The zero-order valence-electron chi connectivity index (χ0n) is 22.0. The van der Waals surface area contributed by atoms with Crippen LogP contribution >= 0.6 is 43.5 Å². The molecule has 1 unspecified atom stereocenters. The van der Waals surface area contributed by atoms with Crippen LogP contribution < -0.4 is 4.90 Å². The molecule has 4 heterocycles. The van der Waals surface area contributed by atoms with Crippen molar-refractivity contribution in [3.05, 3.63) is 85.1 Å². The fourth-order valence-electron chi connectivity index (χ4n) is 6.80. The molecule has 204 valence electrons. The Morgan fingerprint density at radius 3 is 2.46 bits per heavy atom. The minimum absolute atomic E-state index is 0.199. The van der Waals surface area contributed by atoms with E-state index in [1.807, 2.05) is 30.6 Å². The predicted molar refractivity (Wildman–Crippen MR) is 163 cm³/mol. The van der Waals surface area contributed by atoms with E-state index in [9.17, 15) is 4.79 Å². The lowest BCUT2D eigenvalue weighted by atomic mass is 9.76. The molecule has 3 aliphatic rings. The lowest BCUT2D eigenvalue weighted by Crippen LogP contribution is -2.42. The first-order chi connectivity index (χ1) is 19.0. The predicted octanol–water partition coefficient (Wildman–Crippen LogP) is 7.43. The number of fused-ring (bicyclic) bond motifs is 2. The van der Waals surface area contributed by atoms with E-state index in [0.717, 1.165) is 84.5 Å². The summed E-state index contributed by atoms with van der Waals surface area (Å²) in [7, 11) is 0. The highest BCUT2D eigenvalue weighted by Crippen LogP contribution is 2.46. The summed E-state index contributed by atoms with van der Waals surface area (Å²) >= 11 is 14.0. The van der Waals surface area contributed by atoms with Gasteiger partial charge in [0.05, 0.1) is 5.69 Å². The summed E-state index contributed by atoms with van der Waals surface area (Å²) in [6.45, 7) is 3.58. The van der Waals surface area contributed by atoms with Gasteiger partial charge in [-0.25, -0.2) is 4.98 Å². The minimum Gasteiger partial charge on any atom is -0.357 e. The third-order valence-electron chi connectivity index (χ3n) is 8.83. The SMILES string of the molecule is O=C(CC1CCN(c2ccccn2)CC1)N1CCC(C2c3ncc(Br)cc3CCc3cc(Cl)cc(Br)c32)CC1. The maximum absolute atomic E-state index is 13.3. The van der Waals surface area contributed by atoms with Crippen LogP contribution in [-0.2, 0) is 17.6 Å². The van der Waals surface area contributed by atoms with Gasteiger partial charge < -0.3 is 9.80 Å². The van der Waals surface area contributed by atoms with Gasteiger partial charge in [0.15, 0.2) is 0 Å². The fraction of sp³-hybridized carbons (Fsp3) is 0.452. The van der Waals surface area contributed by atoms with E-state index >= 15 is 0 Å². The molecule has 1 atom stereocenters. The molecule has 39 heavy (non-hydrogen) atoms. The third-order valence-corrected chi connectivity index (χ3v) is 10.1. The number of likely N-dealkylation sites (tertiary alicyclic amines) is 1. The van der Waals surface area contributed by atoms with Gasteiger partial charge in [-0.2, -0.15) is 0 Å². The molecule has 1 aliphatic carbocycles. The highest BCUT2D eigenvalue weighted by Gasteiger charge is 2.36. The van der Waals surface area contributed by atoms with E-state index in [2.05, 4.69) is 64.8 Å². The van der Waals surface area contributed by atoms with Crippen LogP contribution in [0.4, 0.5) is 5.82 Å². The maximum Gasteiger partial charge on any atom is 0.222 e. The van der Waals surface area contributed by atoms with Crippen molar-refractivity contribution in [1.29, 1.82) is 0 Å². The number of aromatic nitrogens is 2. The number of anilines is 1. The monoisotopic (exact) mass is 670 g/mol. The maximum atomic E-state index is 13.3. The van der Waals surface area contributed by atoms with Crippen LogP contribution in [0.15, 0.2) is 57.7 Å². The normalized spacial score (nSPS) is 20.3. The van der Waals surface area contributed by atoms with Crippen molar-refractivity contribution in [2.45, 2.75) is 50.9 Å². The molecule has 2 fully saturated rings. The number of hydrogen-bond acceptors (Lipinski definition) is 4. The van der Waals surface area contributed by atoms with Gasteiger partial charge in [0.25, 0.3) is 0 Å². The van der Waals surface area contributed by atoms with Gasteiger partial charge >= 0.3 is 0 Å². The molecular weight excluding hydrogens is 640 g/mol. The number of rotatable bonds is 4. The molecule has 1 aromatic carbocycles. The van der Waals surface area contributed by atoms with E-state index in [1.165, 1.54) is 22.4 Å². The summed E-state index contributed by atoms with van der Waals surface area (Å²) in [6.07, 6.45) is 10.4.